The molecule has 0 bridgehead atoms. The molecule has 0 fully saturated rings. The molecule has 0 spiro atoms. The van der Waals surface area contributed by atoms with Gasteiger partial charge in [0.05, 0.1) is 16.8 Å². The molecule has 5 aromatic carbocycles. The van der Waals surface area contributed by atoms with Crippen LogP contribution in [0.15, 0.2) is 140 Å². The number of ketones is 1. The number of hydrogen-bond acceptors (Lipinski definition) is 3. The van der Waals surface area contributed by atoms with E-state index in [4.69, 9.17) is 0 Å². The van der Waals surface area contributed by atoms with Gasteiger partial charge in [-0.3, -0.25) is 14.4 Å². The van der Waals surface area contributed by atoms with Gasteiger partial charge in [-0.25, -0.2) is 4.90 Å². The second-order valence-corrected chi connectivity index (χ2v) is 12.9. The molecule has 1 heterocycles. The molecule has 0 saturated heterocycles. The third kappa shape index (κ3) is 4.62. The van der Waals surface area contributed by atoms with Crippen molar-refractivity contribution in [2.24, 2.45) is 0 Å². The number of para-hydroxylation sites is 1. The number of imide groups is 1. The van der Waals surface area contributed by atoms with Crippen LogP contribution in [-0.2, 0) is 0 Å². The second kappa shape index (κ2) is 11.5. The fourth-order valence-corrected chi connectivity index (χ4v) is 9.47. The van der Waals surface area contributed by atoms with Gasteiger partial charge in [0.2, 0.25) is 5.78 Å². The first-order valence-corrected chi connectivity index (χ1v) is 14.7. The van der Waals surface area contributed by atoms with Crippen LogP contribution in [-0.4, -0.2) is 23.8 Å². The van der Waals surface area contributed by atoms with Gasteiger partial charge in [0.1, 0.15) is 29.3 Å². The number of fused-ring (bicyclic) bond motifs is 1. The molecule has 1 aliphatic rings. The molecule has 196 valence electrons. The van der Waals surface area contributed by atoms with Gasteiger partial charge in [0.15, 0.2) is 0 Å². The SMILES string of the molecule is O=C(C[P+](c1ccccc1)(c1ccccc1)c1ccccc1)c1ccccc1N1C(=O)c2ccccc2C1=O.[Br-]. The summed E-state index contributed by atoms with van der Waals surface area (Å²) < 4.78 is 0. The summed E-state index contributed by atoms with van der Waals surface area (Å²) in [5, 5.41) is 3.27. The van der Waals surface area contributed by atoms with Crippen molar-refractivity contribution in [1.82, 2.24) is 0 Å². The van der Waals surface area contributed by atoms with Crippen molar-refractivity contribution < 1.29 is 31.4 Å². The lowest BCUT2D eigenvalue weighted by Gasteiger charge is -2.27. The Kier molecular flexibility index (Phi) is 7.88. The van der Waals surface area contributed by atoms with E-state index in [1.807, 2.05) is 54.6 Å². The van der Waals surface area contributed by atoms with Crippen molar-refractivity contribution >= 4 is 46.5 Å². The number of anilines is 1. The fourth-order valence-electron chi connectivity index (χ4n) is 5.38. The number of nitrogens with zero attached hydrogens (tertiary/aromatic N) is 1. The molecule has 1 aliphatic heterocycles. The van der Waals surface area contributed by atoms with E-state index < -0.39 is 19.1 Å². The summed E-state index contributed by atoms with van der Waals surface area (Å²) in [6.45, 7) is 0. The Hall–Kier alpha value is -4.18. The first kappa shape index (κ1) is 27.4. The van der Waals surface area contributed by atoms with Crippen molar-refractivity contribution in [3.63, 3.8) is 0 Å². The fraction of sp³-hybridized carbons (Fsp3) is 0.0294. The molecule has 0 aliphatic carbocycles. The van der Waals surface area contributed by atoms with Gasteiger partial charge >= 0.3 is 0 Å². The average Bonchev–Trinajstić information content (AvgIpc) is 3.26. The zero-order valence-corrected chi connectivity index (χ0v) is 24.0. The molecular formula is C34H25BrNO3P. The highest BCUT2D eigenvalue weighted by Gasteiger charge is 2.48. The van der Waals surface area contributed by atoms with Gasteiger partial charge < -0.3 is 17.0 Å². The molecule has 0 unspecified atom stereocenters. The van der Waals surface area contributed by atoms with Crippen LogP contribution in [0.2, 0.25) is 0 Å². The molecule has 0 radical (unpaired) electrons. The van der Waals surface area contributed by atoms with E-state index in [1.54, 1.807) is 48.5 Å². The summed E-state index contributed by atoms with van der Waals surface area (Å²) in [5.41, 5.74) is 1.38. The number of amides is 2. The van der Waals surface area contributed by atoms with Crippen molar-refractivity contribution in [2.45, 2.75) is 0 Å². The van der Waals surface area contributed by atoms with Crippen molar-refractivity contribution in [3.05, 3.63) is 156 Å². The zero-order valence-electron chi connectivity index (χ0n) is 21.5. The minimum absolute atomic E-state index is 0. The summed E-state index contributed by atoms with van der Waals surface area (Å²) in [5.74, 6) is -0.941. The third-order valence-electron chi connectivity index (χ3n) is 7.21. The van der Waals surface area contributed by atoms with Crippen molar-refractivity contribution in [1.29, 1.82) is 0 Å². The van der Waals surface area contributed by atoms with Gasteiger partial charge in [-0.15, -0.1) is 0 Å². The Morgan fingerprint density at radius 1 is 0.525 bits per heavy atom. The van der Waals surface area contributed by atoms with Crippen LogP contribution < -0.4 is 37.8 Å². The predicted octanol–water partition coefficient (Wildman–Crippen LogP) is 2.67. The Morgan fingerprint density at radius 2 is 0.900 bits per heavy atom. The number of halogens is 1. The molecule has 4 nitrogen and oxygen atoms in total. The lowest BCUT2D eigenvalue weighted by molar-refractivity contribution is -0.0000318. The van der Waals surface area contributed by atoms with E-state index in [9.17, 15) is 14.4 Å². The van der Waals surface area contributed by atoms with E-state index in [2.05, 4.69) is 36.4 Å². The van der Waals surface area contributed by atoms with Gasteiger partial charge in [-0.1, -0.05) is 78.9 Å². The highest BCUT2D eigenvalue weighted by Crippen LogP contribution is 2.55. The van der Waals surface area contributed by atoms with Gasteiger partial charge in [-0.2, -0.15) is 0 Å². The summed E-state index contributed by atoms with van der Waals surface area (Å²) >= 11 is 0. The van der Waals surface area contributed by atoms with E-state index in [0.29, 0.717) is 22.4 Å². The smallest absolute Gasteiger partial charge is 0.266 e. The lowest BCUT2D eigenvalue weighted by atomic mass is 10.1. The van der Waals surface area contributed by atoms with E-state index in [0.717, 1.165) is 20.8 Å². The summed E-state index contributed by atoms with van der Waals surface area (Å²) in [7, 11) is -2.45. The standard InChI is InChI=1S/C34H25NO3P.BrH/c36-32(30-22-12-13-23-31(30)35-33(37)28-20-10-11-21-29(28)34(35)38)24-39(25-14-4-1-5-15-25,26-16-6-2-7-17-26)27-18-8-3-9-19-27;/h1-23H,24H2;1H/q+1;/p-1. The molecule has 6 rings (SSSR count). The average molecular weight is 606 g/mol. The Labute approximate surface area is 244 Å². The molecule has 6 heteroatoms. The minimum Gasteiger partial charge on any atom is -1.00 e. The van der Waals surface area contributed by atoms with E-state index >= 15 is 0 Å². The van der Waals surface area contributed by atoms with Gasteiger partial charge in [0.25, 0.3) is 11.8 Å². The molecular weight excluding hydrogens is 581 g/mol. The third-order valence-corrected chi connectivity index (χ3v) is 11.5. The van der Waals surface area contributed by atoms with Crippen LogP contribution in [0, 0.1) is 0 Å². The normalized spacial score (nSPS) is 12.6. The Balaban J connectivity index is 0.00000323. The van der Waals surface area contributed by atoms with Crippen LogP contribution in [0.5, 0.6) is 0 Å². The second-order valence-electron chi connectivity index (χ2n) is 9.41. The van der Waals surface area contributed by atoms with Gasteiger partial charge in [-0.05, 0) is 60.7 Å². The minimum atomic E-state index is -2.45. The van der Waals surface area contributed by atoms with Crippen LogP contribution in [0.1, 0.15) is 31.1 Å². The molecule has 0 saturated carbocycles. The maximum absolute atomic E-state index is 14.4. The van der Waals surface area contributed by atoms with E-state index in [1.165, 1.54) is 0 Å². The largest absolute Gasteiger partial charge is 1.00 e. The number of carbonyl (C=O) groups is 3. The maximum Gasteiger partial charge on any atom is 0.266 e. The van der Waals surface area contributed by atoms with E-state index in [-0.39, 0.29) is 28.9 Å². The zero-order chi connectivity index (χ0) is 26.8. The number of benzene rings is 5. The monoisotopic (exact) mass is 605 g/mol. The highest BCUT2D eigenvalue weighted by molar-refractivity contribution is 7.96. The number of hydrogen-bond donors (Lipinski definition) is 0. The molecule has 2 amide bonds. The molecule has 0 atom stereocenters. The summed E-state index contributed by atoms with van der Waals surface area (Å²) in [6, 6.07) is 44.3. The Bertz CT molecular complexity index is 1560. The maximum atomic E-state index is 14.4. The van der Waals surface area contributed by atoms with Crippen molar-refractivity contribution in [2.75, 3.05) is 11.1 Å². The quantitative estimate of drug-likeness (QED) is 0.163. The van der Waals surface area contributed by atoms with Crippen LogP contribution in [0.3, 0.4) is 0 Å². The first-order chi connectivity index (χ1) is 19.1. The lowest BCUT2D eigenvalue weighted by Crippen LogP contribution is -3.00. The summed E-state index contributed by atoms with van der Waals surface area (Å²) in [4.78, 5) is 42.2. The molecule has 40 heavy (non-hydrogen) atoms. The predicted molar refractivity (Wildman–Crippen MR) is 158 cm³/mol. The van der Waals surface area contributed by atoms with Crippen LogP contribution >= 0.6 is 7.26 Å². The number of carbonyl (C=O) groups excluding carboxylic acids is 3. The topological polar surface area (TPSA) is 54.5 Å². The van der Waals surface area contributed by atoms with Gasteiger partial charge in [0, 0.05) is 5.56 Å². The molecule has 0 N–H and O–H groups in total. The molecule has 0 aromatic heterocycles. The first-order valence-electron chi connectivity index (χ1n) is 12.8. The summed E-state index contributed by atoms with van der Waals surface area (Å²) in [6.07, 6.45) is 0.214. The van der Waals surface area contributed by atoms with Crippen LogP contribution in [0.25, 0.3) is 0 Å². The number of rotatable bonds is 7. The Morgan fingerprint density at radius 3 is 1.35 bits per heavy atom. The van der Waals surface area contributed by atoms with Crippen molar-refractivity contribution in [3.8, 4) is 0 Å². The molecule has 5 aromatic rings. The van der Waals surface area contributed by atoms with Crippen LogP contribution in [0.4, 0.5) is 5.69 Å². The number of Topliss-reactive ketones (excluding diaryl/α,β-unsaturated/α-hetero) is 1. The highest BCUT2D eigenvalue weighted by atomic mass is 79.9.